The van der Waals surface area contributed by atoms with Crippen molar-refractivity contribution in [3.63, 3.8) is 0 Å². The van der Waals surface area contributed by atoms with Crippen LogP contribution < -0.4 is 0 Å². The maximum absolute atomic E-state index is 4.61. The van der Waals surface area contributed by atoms with E-state index in [2.05, 4.69) is 220 Å². The van der Waals surface area contributed by atoms with E-state index in [1.165, 1.54) is 90.7 Å². The summed E-state index contributed by atoms with van der Waals surface area (Å²) in [7, 11) is 0. The van der Waals surface area contributed by atoms with Gasteiger partial charge in [-0.15, -0.1) is 6.58 Å². The number of unbranched alkanes of at least 4 members (excludes halogenated alkanes) is 1. The Balaban J connectivity index is 0.000000372. The van der Waals surface area contributed by atoms with Gasteiger partial charge in [0.05, 0.1) is 22.1 Å². The lowest BCUT2D eigenvalue weighted by Crippen LogP contribution is -1.95. The van der Waals surface area contributed by atoms with Crippen molar-refractivity contribution >= 4 is 43.6 Å². The lowest BCUT2D eigenvalue weighted by molar-refractivity contribution is 0.797. The number of aromatic nitrogens is 4. The van der Waals surface area contributed by atoms with Gasteiger partial charge >= 0.3 is 0 Å². The van der Waals surface area contributed by atoms with Crippen LogP contribution in [0.1, 0.15) is 83.1 Å². The van der Waals surface area contributed by atoms with E-state index in [4.69, 9.17) is 0 Å². The van der Waals surface area contributed by atoms with Crippen molar-refractivity contribution in [2.75, 3.05) is 0 Å². The number of hydrogen-bond donors (Lipinski definition) is 0. The lowest BCUT2D eigenvalue weighted by Gasteiger charge is -2.15. The van der Waals surface area contributed by atoms with Crippen LogP contribution in [0, 0.1) is 27.7 Å². The van der Waals surface area contributed by atoms with Crippen molar-refractivity contribution in [1.82, 2.24) is 19.1 Å². The van der Waals surface area contributed by atoms with Crippen LogP contribution in [-0.4, -0.2) is 19.1 Å². The lowest BCUT2D eigenvalue weighted by atomic mass is 9.92. The van der Waals surface area contributed by atoms with Crippen LogP contribution in [0.4, 0.5) is 0 Å². The van der Waals surface area contributed by atoms with E-state index in [0.717, 1.165) is 44.8 Å². The van der Waals surface area contributed by atoms with Crippen LogP contribution in [-0.2, 0) is 0 Å². The molecule has 0 radical (unpaired) electrons. The average molecular weight is 985 g/mol. The minimum Gasteiger partial charge on any atom is -0.309 e. The third-order valence-corrected chi connectivity index (χ3v) is 13.0. The van der Waals surface area contributed by atoms with Crippen molar-refractivity contribution in [2.24, 2.45) is 0 Å². The fourth-order valence-electron chi connectivity index (χ4n) is 9.36. The Morgan fingerprint density at radius 3 is 1.16 bits per heavy atom. The topological polar surface area (TPSA) is 35.6 Å². The maximum Gasteiger partial charge on any atom is 0.0541 e. The number of hydrogen-bond acceptors (Lipinski definition) is 2. The third-order valence-electron chi connectivity index (χ3n) is 13.0. The molecule has 6 aromatic carbocycles. The van der Waals surface area contributed by atoms with E-state index in [9.17, 15) is 0 Å². The SMILES string of the molecule is C=C/C(=C\C)CCCC.C=C/C=C\C=C/C.C=CC.CC.Cc1ccc2c(c1)c1cc(C)ccc1n2-c1ccc(-c2ccncc2-c2cnccc2-c2ccc(-n3c4ccc(C)cc4c4cc(C)ccc43)cc2)cc1. The maximum atomic E-state index is 4.61. The van der Waals surface area contributed by atoms with Gasteiger partial charge in [-0.1, -0.05) is 165 Å². The summed E-state index contributed by atoms with van der Waals surface area (Å²) in [4.78, 5) is 9.21. The van der Waals surface area contributed by atoms with Gasteiger partial charge in [-0.2, -0.15) is 0 Å². The summed E-state index contributed by atoms with van der Waals surface area (Å²) in [6.07, 6.45) is 26.8. The van der Waals surface area contributed by atoms with Crippen molar-refractivity contribution in [1.29, 1.82) is 0 Å². The first-order chi connectivity index (χ1) is 36.6. The third kappa shape index (κ3) is 13.3. The van der Waals surface area contributed by atoms with E-state index in [1.807, 2.05) is 82.9 Å². The van der Waals surface area contributed by atoms with Crippen LogP contribution >= 0.6 is 0 Å². The number of rotatable bonds is 11. The summed E-state index contributed by atoms with van der Waals surface area (Å²) in [6, 6.07) is 49.1. The van der Waals surface area contributed by atoms with Gasteiger partial charge in [0.25, 0.3) is 0 Å². The first kappa shape index (κ1) is 56.0. The van der Waals surface area contributed by atoms with Gasteiger partial charge in [0, 0.05) is 68.8 Å². The van der Waals surface area contributed by atoms with Gasteiger partial charge in [0.1, 0.15) is 0 Å². The molecule has 0 saturated carbocycles. The fourth-order valence-corrected chi connectivity index (χ4v) is 9.36. The Kier molecular flexibility index (Phi) is 20.6. The molecular formula is C71H76N4. The van der Waals surface area contributed by atoms with Crippen LogP contribution in [0.3, 0.4) is 0 Å². The molecule has 10 aromatic rings. The number of nitrogens with zero attached hydrogens (tertiary/aromatic N) is 4. The van der Waals surface area contributed by atoms with E-state index >= 15 is 0 Å². The zero-order valence-corrected chi connectivity index (χ0v) is 46.2. The molecule has 0 N–H and O–H groups in total. The van der Waals surface area contributed by atoms with Gasteiger partial charge in [0.2, 0.25) is 0 Å². The molecule has 0 amide bonds. The monoisotopic (exact) mass is 985 g/mol. The standard InChI is InChI=1S/C50H38N4.C9H16.C7H10.C3H6.C2H6/c1-31-5-17-47-41(25-31)42-26-32(2)6-18-48(42)53(47)37-13-9-35(10-14-37)39-21-23-51-29-45(39)46-30-52-24-22-40(46)36-11-15-38(16-12-36)54-49-19-7-33(3)27-43(49)44-28-34(4)8-20-50(44)54;1-4-7-8-9(5-2)6-3;1-3-5-7-6-4-2;1-3-2;1-2/h5-30H,1-4H3;5-6H,2,4,7-8H2,1,3H3;3-7H,1H2,2H3;3H,1H2,2H3;1-2H3/b;9-6+;6-4-,7-5-;;. The molecule has 0 aliphatic heterocycles. The van der Waals surface area contributed by atoms with Crippen LogP contribution in [0.25, 0.3) is 88.4 Å². The highest BCUT2D eigenvalue weighted by molar-refractivity contribution is 6.11. The summed E-state index contributed by atoms with van der Waals surface area (Å²) in [6.45, 7) is 31.4. The number of pyridine rings is 2. The predicted octanol–water partition coefficient (Wildman–Crippen LogP) is 20.7. The van der Waals surface area contributed by atoms with Crippen molar-refractivity contribution in [2.45, 2.75) is 88.5 Å². The van der Waals surface area contributed by atoms with E-state index in [-0.39, 0.29) is 0 Å². The summed E-state index contributed by atoms with van der Waals surface area (Å²) in [5.41, 5.74) is 20.2. The Labute approximate surface area is 448 Å². The Morgan fingerprint density at radius 1 is 0.480 bits per heavy atom. The molecule has 10 rings (SSSR count). The molecule has 0 unspecified atom stereocenters. The Hall–Kier alpha value is -8.34. The molecule has 0 saturated heterocycles. The van der Waals surface area contributed by atoms with E-state index in [0.29, 0.717) is 0 Å². The highest BCUT2D eigenvalue weighted by Crippen LogP contribution is 2.40. The molecule has 0 atom stereocenters. The van der Waals surface area contributed by atoms with Crippen molar-refractivity contribution in [3.05, 3.63) is 254 Å². The van der Waals surface area contributed by atoms with Crippen LogP contribution in [0.2, 0.25) is 0 Å². The molecule has 4 heterocycles. The molecule has 4 aromatic heterocycles. The van der Waals surface area contributed by atoms with Gasteiger partial charge in [-0.05, 0) is 168 Å². The normalized spacial score (nSPS) is 11.1. The van der Waals surface area contributed by atoms with Gasteiger partial charge in [-0.3, -0.25) is 9.97 Å². The molecule has 75 heavy (non-hydrogen) atoms. The zero-order chi connectivity index (χ0) is 53.9. The summed E-state index contributed by atoms with van der Waals surface area (Å²) in [5, 5.41) is 5.14. The molecule has 380 valence electrons. The largest absolute Gasteiger partial charge is 0.309 e. The number of fused-ring (bicyclic) bond motifs is 6. The molecule has 0 spiro atoms. The molecule has 4 heteroatoms. The fraction of sp³-hybridized carbons (Fsp3) is 0.183. The second kappa shape index (κ2) is 27.6. The minimum atomic E-state index is 1.05. The van der Waals surface area contributed by atoms with Gasteiger partial charge < -0.3 is 9.13 Å². The summed E-state index contributed by atoms with van der Waals surface area (Å²) < 4.78 is 4.76. The highest BCUT2D eigenvalue weighted by Gasteiger charge is 2.17. The highest BCUT2D eigenvalue weighted by atomic mass is 15.0. The number of aryl methyl sites for hydroxylation is 4. The van der Waals surface area contributed by atoms with E-state index < -0.39 is 0 Å². The summed E-state index contributed by atoms with van der Waals surface area (Å²) in [5.74, 6) is 0. The molecule has 0 aliphatic carbocycles. The van der Waals surface area contributed by atoms with Gasteiger partial charge in [-0.25, -0.2) is 0 Å². The molecule has 4 nitrogen and oxygen atoms in total. The van der Waals surface area contributed by atoms with E-state index in [1.54, 1.807) is 12.2 Å². The first-order valence-electron chi connectivity index (χ1n) is 26.5. The second-order valence-electron chi connectivity index (χ2n) is 18.4. The first-order valence-corrected chi connectivity index (χ1v) is 26.5. The van der Waals surface area contributed by atoms with Crippen LogP contribution in [0.15, 0.2) is 232 Å². The Morgan fingerprint density at radius 2 is 0.853 bits per heavy atom. The predicted molar refractivity (Wildman–Crippen MR) is 331 cm³/mol. The number of allylic oxidation sites excluding steroid dienone is 9. The zero-order valence-electron chi connectivity index (χ0n) is 46.2. The van der Waals surface area contributed by atoms with Crippen molar-refractivity contribution in [3.8, 4) is 44.8 Å². The quantitative estimate of drug-likeness (QED) is 0.0956. The number of benzene rings is 6. The second-order valence-corrected chi connectivity index (χ2v) is 18.4. The van der Waals surface area contributed by atoms with Gasteiger partial charge in [0.15, 0.2) is 0 Å². The smallest absolute Gasteiger partial charge is 0.0541 e. The van der Waals surface area contributed by atoms with Crippen LogP contribution in [0.5, 0.6) is 0 Å². The molecule has 0 aliphatic rings. The average Bonchev–Trinajstić information content (AvgIpc) is 3.93. The minimum absolute atomic E-state index is 1.05. The molecule has 0 bridgehead atoms. The Bertz CT molecular complexity index is 3280. The molecular weight excluding hydrogens is 909 g/mol. The molecule has 0 fully saturated rings. The van der Waals surface area contributed by atoms with Crippen molar-refractivity contribution < 1.29 is 0 Å². The summed E-state index contributed by atoms with van der Waals surface area (Å²) >= 11 is 0.